The molecule has 0 aliphatic rings. The van der Waals surface area contributed by atoms with E-state index in [1.165, 1.54) is 33.4 Å². The molecule has 0 saturated heterocycles. The molecule has 0 saturated carbocycles. The summed E-state index contributed by atoms with van der Waals surface area (Å²) in [5.74, 6) is 0. The number of hydrogen-bond donors (Lipinski definition) is 0. The SMILES string of the molecule is [C-]#[N+]c1cccc(-c2cc(-n3c4ccccc4c4cc(-c5ccc(C)cc5C)ccc43)c(C#N)cc2-n2c3ccccc3c3cc(-c4ccc(C)cc4C)ccc32)c1. The Morgan fingerprint density at radius 2 is 0.966 bits per heavy atom. The molecule has 274 valence electrons. The summed E-state index contributed by atoms with van der Waals surface area (Å²) in [6, 6.07) is 58.2. The van der Waals surface area contributed by atoms with Gasteiger partial charge in [0.2, 0.25) is 0 Å². The Kier molecular flexibility index (Phi) is 8.11. The minimum Gasteiger partial charge on any atom is -0.309 e. The Labute approximate surface area is 337 Å². The van der Waals surface area contributed by atoms with Crippen molar-refractivity contribution in [3.63, 3.8) is 0 Å². The van der Waals surface area contributed by atoms with Crippen molar-refractivity contribution in [2.24, 2.45) is 0 Å². The van der Waals surface area contributed by atoms with Crippen LogP contribution in [0.4, 0.5) is 5.69 Å². The molecule has 0 aliphatic heterocycles. The number of fused-ring (bicyclic) bond motifs is 6. The number of aromatic nitrogens is 2. The highest BCUT2D eigenvalue weighted by atomic mass is 15.0. The van der Waals surface area contributed by atoms with Crippen molar-refractivity contribution in [2.45, 2.75) is 27.7 Å². The molecule has 4 nitrogen and oxygen atoms in total. The van der Waals surface area contributed by atoms with E-state index in [0.717, 1.165) is 77.2 Å². The lowest BCUT2D eigenvalue weighted by Crippen LogP contribution is -2.04. The van der Waals surface area contributed by atoms with Crippen LogP contribution in [-0.2, 0) is 0 Å². The van der Waals surface area contributed by atoms with E-state index in [-0.39, 0.29) is 0 Å². The molecule has 0 bridgehead atoms. The summed E-state index contributed by atoms with van der Waals surface area (Å²) >= 11 is 0. The van der Waals surface area contributed by atoms with E-state index in [1.54, 1.807) is 0 Å². The predicted octanol–water partition coefficient (Wildman–Crippen LogP) is 14.5. The third-order valence-electron chi connectivity index (χ3n) is 11.7. The molecule has 0 radical (unpaired) electrons. The fraction of sp³-hybridized carbons (Fsp3) is 0.0741. The van der Waals surface area contributed by atoms with E-state index in [0.29, 0.717) is 11.3 Å². The van der Waals surface area contributed by atoms with Gasteiger partial charge in [-0.3, -0.25) is 0 Å². The van der Waals surface area contributed by atoms with Crippen molar-refractivity contribution in [1.29, 1.82) is 5.26 Å². The zero-order chi connectivity index (χ0) is 39.7. The monoisotopic (exact) mass is 742 g/mol. The van der Waals surface area contributed by atoms with Gasteiger partial charge in [0.1, 0.15) is 6.07 Å². The van der Waals surface area contributed by atoms with Crippen molar-refractivity contribution in [3.8, 4) is 50.8 Å². The molecule has 2 heterocycles. The lowest BCUT2D eigenvalue weighted by Gasteiger charge is -2.19. The number of aryl methyl sites for hydroxylation is 4. The second kappa shape index (κ2) is 13.5. The molecule has 0 aliphatic carbocycles. The first-order valence-corrected chi connectivity index (χ1v) is 19.6. The van der Waals surface area contributed by atoms with Gasteiger partial charge in [0.25, 0.3) is 0 Å². The van der Waals surface area contributed by atoms with Crippen molar-refractivity contribution < 1.29 is 0 Å². The van der Waals surface area contributed by atoms with Crippen molar-refractivity contribution in [1.82, 2.24) is 9.13 Å². The average molecular weight is 743 g/mol. The quantitative estimate of drug-likeness (QED) is 0.162. The molecule has 58 heavy (non-hydrogen) atoms. The van der Waals surface area contributed by atoms with E-state index in [2.05, 4.69) is 181 Å². The highest BCUT2D eigenvalue weighted by molar-refractivity contribution is 6.12. The van der Waals surface area contributed by atoms with Crippen molar-refractivity contribution in [2.75, 3.05) is 0 Å². The summed E-state index contributed by atoms with van der Waals surface area (Å²) in [6.45, 7) is 16.5. The average Bonchev–Trinajstić information content (AvgIpc) is 3.75. The normalized spacial score (nSPS) is 11.4. The van der Waals surface area contributed by atoms with Crippen LogP contribution in [0.25, 0.3) is 93.2 Å². The van der Waals surface area contributed by atoms with Crippen LogP contribution in [0.5, 0.6) is 0 Å². The maximum atomic E-state index is 11.1. The smallest absolute Gasteiger partial charge is 0.187 e. The first-order chi connectivity index (χ1) is 28.3. The van der Waals surface area contributed by atoms with Gasteiger partial charge < -0.3 is 9.13 Å². The van der Waals surface area contributed by atoms with Crippen molar-refractivity contribution in [3.05, 3.63) is 197 Å². The van der Waals surface area contributed by atoms with Crippen LogP contribution in [0.2, 0.25) is 0 Å². The minimum absolute atomic E-state index is 0.555. The molecule has 0 atom stereocenters. The Hall–Kier alpha value is -7.66. The molecule has 0 spiro atoms. The summed E-state index contributed by atoms with van der Waals surface area (Å²) in [6.07, 6.45) is 0. The number of nitrogens with zero attached hydrogens (tertiary/aromatic N) is 4. The number of para-hydroxylation sites is 2. The van der Waals surface area contributed by atoms with Crippen molar-refractivity contribution >= 4 is 49.3 Å². The topological polar surface area (TPSA) is 38.0 Å². The standard InChI is InChI=1S/C54H38N4/c1-33-17-21-42(35(3)25-33)38-19-23-51-47(28-38)44-13-6-8-15-49(44)57(51)53-31-46(37-11-10-12-41(27-37)56-5)54(30-40(53)32-55)58-50-16-9-7-14-45(50)48-29-39(20-24-52(48)58)43-22-18-34(2)26-36(43)4/h6-31H,1-4H3. The third kappa shape index (κ3) is 5.50. The van der Waals surface area contributed by atoms with Gasteiger partial charge in [-0.2, -0.15) is 5.26 Å². The molecule has 10 rings (SSSR count). The lowest BCUT2D eigenvalue weighted by molar-refractivity contribution is 1.14. The number of rotatable bonds is 5. The van der Waals surface area contributed by atoms with Gasteiger partial charge in [0, 0.05) is 27.1 Å². The van der Waals surface area contributed by atoms with Gasteiger partial charge in [-0.05, 0) is 121 Å². The molecule has 0 unspecified atom stereocenters. The fourth-order valence-electron chi connectivity index (χ4n) is 9.09. The second-order valence-corrected chi connectivity index (χ2v) is 15.5. The summed E-state index contributed by atoms with van der Waals surface area (Å²) in [7, 11) is 0. The van der Waals surface area contributed by atoms with Gasteiger partial charge in [0.15, 0.2) is 5.69 Å². The minimum atomic E-state index is 0.555. The van der Waals surface area contributed by atoms with Crippen LogP contribution in [0.1, 0.15) is 27.8 Å². The van der Waals surface area contributed by atoms with Gasteiger partial charge >= 0.3 is 0 Å². The number of nitriles is 1. The van der Waals surface area contributed by atoms with Crippen LogP contribution >= 0.6 is 0 Å². The zero-order valence-electron chi connectivity index (χ0n) is 32.8. The van der Waals surface area contributed by atoms with E-state index in [9.17, 15) is 5.26 Å². The van der Waals surface area contributed by atoms with E-state index in [4.69, 9.17) is 6.57 Å². The predicted molar refractivity (Wildman–Crippen MR) is 241 cm³/mol. The molecular weight excluding hydrogens is 705 g/mol. The molecule has 8 aromatic carbocycles. The maximum Gasteiger partial charge on any atom is 0.187 e. The zero-order valence-corrected chi connectivity index (χ0v) is 32.8. The first-order valence-electron chi connectivity index (χ1n) is 19.6. The molecule has 10 aromatic rings. The highest BCUT2D eigenvalue weighted by Crippen LogP contribution is 2.43. The van der Waals surface area contributed by atoms with Gasteiger partial charge in [-0.1, -0.05) is 114 Å². The Morgan fingerprint density at radius 3 is 1.50 bits per heavy atom. The van der Waals surface area contributed by atoms with Gasteiger partial charge in [-0.15, -0.1) is 0 Å². The molecule has 4 heteroatoms. The van der Waals surface area contributed by atoms with Crippen LogP contribution in [-0.4, -0.2) is 9.13 Å². The summed E-state index contributed by atoms with van der Waals surface area (Å²) in [5, 5.41) is 15.6. The van der Waals surface area contributed by atoms with Crippen LogP contribution < -0.4 is 0 Å². The van der Waals surface area contributed by atoms with E-state index >= 15 is 0 Å². The Balaban J connectivity index is 1.26. The molecule has 0 N–H and O–H groups in total. The van der Waals surface area contributed by atoms with Crippen LogP contribution in [0.3, 0.4) is 0 Å². The second-order valence-electron chi connectivity index (χ2n) is 15.5. The molecular formula is C54H38N4. The molecule has 2 aromatic heterocycles. The maximum absolute atomic E-state index is 11.1. The van der Waals surface area contributed by atoms with Gasteiger partial charge in [-0.25, -0.2) is 4.85 Å². The lowest BCUT2D eigenvalue weighted by atomic mass is 9.97. The molecule has 0 amide bonds. The fourth-order valence-corrected chi connectivity index (χ4v) is 9.09. The highest BCUT2D eigenvalue weighted by Gasteiger charge is 2.22. The first kappa shape index (κ1) is 34.8. The number of benzene rings is 8. The van der Waals surface area contributed by atoms with Crippen LogP contribution in [0.15, 0.2) is 158 Å². The summed E-state index contributed by atoms with van der Waals surface area (Å²) < 4.78 is 4.53. The summed E-state index contributed by atoms with van der Waals surface area (Å²) in [4.78, 5) is 3.82. The third-order valence-corrected chi connectivity index (χ3v) is 11.7. The van der Waals surface area contributed by atoms with Gasteiger partial charge in [0.05, 0.1) is 45.6 Å². The van der Waals surface area contributed by atoms with E-state index in [1.807, 2.05) is 24.3 Å². The summed E-state index contributed by atoms with van der Waals surface area (Å²) in [5.41, 5.74) is 18.5. The van der Waals surface area contributed by atoms with E-state index < -0.39 is 0 Å². The molecule has 0 fully saturated rings. The number of hydrogen-bond acceptors (Lipinski definition) is 1. The van der Waals surface area contributed by atoms with Crippen LogP contribution in [0, 0.1) is 45.6 Å². The Morgan fingerprint density at radius 1 is 0.448 bits per heavy atom. The Bertz CT molecular complexity index is 3410. The largest absolute Gasteiger partial charge is 0.309 e.